The molecule has 426 valence electrons. The molecule has 3 aromatic carbocycles. The Morgan fingerprint density at radius 3 is 2.08 bits per heavy atom. The first kappa shape index (κ1) is 60.2. The topological polar surface area (TPSA) is 249 Å². The number of fused-ring (bicyclic) bond motifs is 6. The number of hydrogen-bond acceptors (Lipinski definition) is 10. The minimum Gasteiger partial charge on any atom is -0.480 e. The summed E-state index contributed by atoms with van der Waals surface area (Å²) in [5.41, 5.74) is 7.69. The van der Waals surface area contributed by atoms with E-state index in [0.717, 1.165) is 70.7 Å². The van der Waals surface area contributed by atoms with Crippen molar-refractivity contribution in [3.63, 3.8) is 0 Å². The van der Waals surface area contributed by atoms with E-state index < -0.39 is 43.7 Å². The summed E-state index contributed by atoms with van der Waals surface area (Å²) >= 11 is 0. The number of benzene rings is 3. The summed E-state index contributed by atoms with van der Waals surface area (Å²) < 4.78 is 78.4. The van der Waals surface area contributed by atoms with Gasteiger partial charge in [0.1, 0.15) is 30.1 Å². The van der Waals surface area contributed by atoms with Gasteiger partial charge < -0.3 is 30.7 Å². The summed E-state index contributed by atoms with van der Waals surface area (Å²) in [5, 5.41) is 18.2. The van der Waals surface area contributed by atoms with Crippen molar-refractivity contribution in [3.05, 3.63) is 124 Å². The van der Waals surface area contributed by atoms with Crippen LogP contribution in [0.15, 0.2) is 117 Å². The number of ether oxygens (including phenoxy) is 1. The zero-order valence-electron chi connectivity index (χ0n) is 46.4. The highest BCUT2D eigenvalue weighted by molar-refractivity contribution is 7.86. The number of hydrogen-bond donors (Lipinski definition) is 6. The van der Waals surface area contributed by atoms with E-state index in [2.05, 4.69) is 76.5 Å². The van der Waals surface area contributed by atoms with Crippen molar-refractivity contribution >= 4 is 61.0 Å². The van der Waals surface area contributed by atoms with Crippen LogP contribution in [0, 0.1) is 6.92 Å². The van der Waals surface area contributed by atoms with Gasteiger partial charge >= 0.3 is 5.97 Å². The van der Waals surface area contributed by atoms with Crippen molar-refractivity contribution in [3.8, 4) is 5.75 Å². The van der Waals surface area contributed by atoms with E-state index in [0.29, 0.717) is 82.4 Å². The van der Waals surface area contributed by atoms with Crippen LogP contribution in [0.4, 0.5) is 11.4 Å². The SMILES string of the molecule is CCC1(C)C2=[N+](CCCCCC(=O)NC(C)C(=O)NCCCCC(C(=O)O)NC(=O)CCCCCN3/C(=C/C=C4\CCCC(=C4Oc4ccc(S(=O)(=O)O)cc4)/C=C/2)C(C)(CC)c2cc(S(=O)(=O)O)ccc23)c2ccc(C)cc21. The highest BCUT2D eigenvalue weighted by Gasteiger charge is 2.47. The summed E-state index contributed by atoms with van der Waals surface area (Å²) in [7, 11) is -9.02. The highest BCUT2D eigenvalue weighted by Crippen LogP contribution is 2.51. The van der Waals surface area contributed by atoms with E-state index in [9.17, 15) is 50.2 Å². The van der Waals surface area contributed by atoms with Gasteiger partial charge in [0.15, 0.2) is 5.71 Å². The predicted octanol–water partition coefficient (Wildman–Crippen LogP) is 9.82. The molecule has 3 heterocycles. The Balaban J connectivity index is 1.31. The molecule has 0 spiro atoms. The van der Waals surface area contributed by atoms with Crippen LogP contribution < -0.4 is 25.6 Å². The van der Waals surface area contributed by atoms with Crippen molar-refractivity contribution in [1.82, 2.24) is 16.0 Å². The van der Waals surface area contributed by atoms with Gasteiger partial charge in [0.05, 0.1) is 15.2 Å². The minimum absolute atomic E-state index is 0.102. The van der Waals surface area contributed by atoms with Gasteiger partial charge in [-0.05, 0) is 182 Å². The van der Waals surface area contributed by atoms with Crippen LogP contribution in [-0.2, 0) is 50.2 Å². The average molecular weight is 1130 g/mol. The number of carboxylic acid groups (broad SMARTS) is 1. The number of carboxylic acids is 1. The van der Waals surface area contributed by atoms with Crippen molar-refractivity contribution in [1.29, 1.82) is 0 Å². The number of carbonyl (C=O) groups is 4. The fraction of sp³-hybridized carbons (Fsp3) is 0.483. The van der Waals surface area contributed by atoms with Gasteiger partial charge in [-0.3, -0.25) is 23.5 Å². The second kappa shape index (κ2) is 25.8. The molecule has 4 unspecified atom stereocenters. The first-order valence-corrected chi connectivity index (χ1v) is 30.7. The predicted molar refractivity (Wildman–Crippen MR) is 304 cm³/mol. The Labute approximate surface area is 465 Å². The van der Waals surface area contributed by atoms with Gasteiger partial charge in [-0.15, -0.1) is 0 Å². The number of nitrogens with zero attached hydrogens (tertiary/aromatic N) is 2. The fourth-order valence-electron chi connectivity index (χ4n) is 11.3. The van der Waals surface area contributed by atoms with Crippen molar-refractivity contribution in [2.24, 2.45) is 0 Å². The molecule has 17 nitrogen and oxygen atoms in total. The van der Waals surface area contributed by atoms with Crippen molar-refractivity contribution in [2.75, 3.05) is 24.5 Å². The van der Waals surface area contributed by atoms with Gasteiger partial charge in [-0.1, -0.05) is 38.0 Å². The monoisotopic (exact) mass is 1120 g/mol. The number of aryl methyl sites for hydroxylation is 1. The van der Waals surface area contributed by atoms with Crippen LogP contribution in [0.2, 0.25) is 0 Å². The summed E-state index contributed by atoms with van der Waals surface area (Å²) in [6.07, 6.45) is 17.1. The first-order chi connectivity index (χ1) is 37.5. The quantitative estimate of drug-likeness (QED) is 0.0954. The van der Waals surface area contributed by atoms with Crippen LogP contribution in [0.5, 0.6) is 5.75 Å². The van der Waals surface area contributed by atoms with Crippen LogP contribution in [0.3, 0.4) is 0 Å². The molecule has 7 rings (SSSR count). The molecule has 19 heteroatoms. The number of amides is 3. The maximum Gasteiger partial charge on any atom is 0.326 e. The van der Waals surface area contributed by atoms with Gasteiger partial charge in [-0.25, -0.2) is 4.79 Å². The molecular weight excluding hydrogens is 1050 g/mol. The maximum atomic E-state index is 13.1. The molecule has 0 saturated carbocycles. The number of anilines is 1. The van der Waals surface area contributed by atoms with E-state index in [4.69, 9.17) is 4.74 Å². The molecule has 79 heavy (non-hydrogen) atoms. The van der Waals surface area contributed by atoms with Crippen LogP contribution in [0.1, 0.15) is 154 Å². The molecular formula is C60H78N5O12S2+. The summed E-state index contributed by atoms with van der Waals surface area (Å²) in [6, 6.07) is 14.9. The third-order valence-corrected chi connectivity index (χ3v) is 17.9. The Morgan fingerprint density at radius 2 is 1.41 bits per heavy atom. The molecule has 4 atom stereocenters. The summed E-state index contributed by atoms with van der Waals surface area (Å²) in [6.45, 7) is 13.7. The lowest BCUT2D eigenvalue weighted by Gasteiger charge is -2.30. The lowest BCUT2D eigenvalue weighted by atomic mass is 9.76. The van der Waals surface area contributed by atoms with Crippen LogP contribution in [0.25, 0.3) is 0 Å². The molecule has 1 aliphatic carbocycles. The second-order valence-corrected chi connectivity index (χ2v) is 24.6. The van der Waals surface area contributed by atoms with Crippen molar-refractivity contribution < 1.29 is 59.5 Å². The third kappa shape index (κ3) is 14.3. The normalized spacial score (nSPS) is 25.7. The van der Waals surface area contributed by atoms with E-state index in [1.54, 1.807) is 13.0 Å². The largest absolute Gasteiger partial charge is 0.480 e. The van der Waals surface area contributed by atoms with E-state index in [1.807, 2.05) is 26.0 Å². The number of rotatable bonds is 7. The van der Waals surface area contributed by atoms with E-state index in [-0.39, 0.29) is 58.7 Å². The maximum absolute atomic E-state index is 13.1. The van der Waals surface area contributed by atoms with E-state index in [1.165, 1.54) is 42.0 Å². The lowest BCUT2D eigenvalue weighted by molar-refractivity contribution is -0.438. The zero-order chi connectivity index (χ0) is 57.3. The van der Waals surface area contributed by atoms with Gasteiger partial charge in [-0.2, -0.15) is 21.4 Å². The molecule has 0 saturated heterocycles. The van der Waals surface area contributed by atoms with Crippen molar-refractivity contribution in [2.45, 2.75) is 177 Å². The molecule has 6 N–H and O–H groups in total. The average Bonchev–Trinajstić information content (AvgIpc) is 4.04. The summed E-state index contributed by atoms with van der Waals surface area (Å²) in [4.78, 5) is 52.9. The third-order valence-electron chi connectivity index (χ3n) is 16.2. The Morgan fingerprint density at radius 1 is 0.734 bits per heavy atom. The molecule has 0 fully saturated rings. The molecule has 0 radical (unpaired) electrons. The molecule has 3 amide bonds. The van der Waals surface area contributed by atoms with Gasteiger partial charge in [0.2, 0.25) is 23.4 Å². The number of nitrogens with one attached hydrogen (secondary N) is 3. The smallest absolute Gasteiger partial charge is 0.326 e. The Hall–Kier alpha value is -6.41. The zero-order valence-corrected chi connectivity index (χ0v) is 48.0. The highest BCUT2D eigenvalue weighted by atomic mass is 32.2. The molecule has 2 bridgehead atoms. The number of aliphatic carboxylic acids is 1. The lowest BCUT2D eigenvalue weighted by Crippen LogP contribution is -2.45. The fourth-order valence-corrected chi connectivity index (χ4v) is 12.3. The summed E-state index contributed by atoms with van der Waals surface area (Å²) in [5.74, 6) is -1.16. The Kier molecular flexibility index (Phi) is 19.7. The Bertz CT molecular complexity index is 3200. The number of carbonyl (C=O) groups excluding carboxylic acids is 3. The van der Waals surface area contributed by atoms with Gasteiger partial charge in [0, 0.05) is 66.9 Å². The minimum atomic E-state index is -4.54. The van der Waals surface area contributed by atoms with Crippen LogP contribution in [-0.4, -0.2) is 96.7 Å². The van der Waals surface area contributed by atoms with Crippen LogP contribution >= 0.6 is 0 Å². The molecule has 3 aliphatic heterocycles. The van der Waals surface area contributed by atoms with E-state index >= 15 is 0 Å². The molecule has 0 aromatic heterocycles. The number of allylic oxidation sites excluding steroid dienone is 7. The molecule has 3 aromatic rings. The standard InChI is InChI=1S/C60H77N5O12S2/c1-7-59(5)47-38-40(3)23-31-50(47)64-36-15-9-11-21-54(66)62-41(4)57(68)61-35-14-13-20-49(58(69)70)63-55(67)22-12-10-16-37-65-51-32-30-46(79(74,75)76)39-48(51)60(6,8-2)53(65)34-25-43-19-17-18-42(24-33-52(59)64)56(43)77-44-26-28-45(29-27-44)78(71,72)73/h23-34,38-39,41,49H,7-22,35-37H2,1-6H3,(H5-,61,62,63,66,67,68,69,70,71,72,73,74,75,76)/p+1. The van der Waals surface area contributed by atoms with Gasteiger partial charge in [0.25, 0.3) is 20.2 Å². The molecule has 4 aliphatic rings. The second-order valence-electron chi connectivity index (χ2n) is 21.7. The first-order valence-electron chi connectivity index (χ1n) is 27.8.